The monoisotopic (exact) mass is 376 g/mol. The second-order valence-electron chi connectivity index (χ2n) is 8.72. The zero-order chi connectivity index (χ0) is 18.4. The molecule has 0 nitrogen and oxygen atoms in total. The van der Waals surface area contributed by atoms with Gasteiger partial charge in [-0.3, -0.25) is 0 Å². The summed E-state index contributed by atoms with van der Waals surface area (Å²) in [6.45, 7) is 3.85. The Balaban J connectivity index is 1.35. The molecule has 2 saturated carbocycles. The van der Waals surface area contributed by atoms with Crippen LogP contribution in [-0.4, -0.2) is 0 Å². The van der Waals surface area contributed by atoms with E-state index in [9.17, 15) is 4.39 Å². The molecule has 0 aromatic heterocycles. The van der Waals surface area contributed by atoms with Crippen LogP contribution in [0.4, 0.5) is 4.39 Å². The predicted molar refractivity (Wildman–Crippen MR) is 110 cm³/mol. The lowest BCUT2D eigenvalue weighted by atomic mass is 9.74. The Labute approximate surface area is 164 Å². The van der Waals surface area contributed by atoms with Gasteiger partial charge >= 0.3 is 0 Å². The minimum atomic E-state index is -0.302. The Morgan fingerprint density at radius 2 is 1.42 bits per heavy atom. The van der Waals surface area contributed by atoms with Crippen LogP contribution in [0.25, 0.3) is 0 Å². The van der Waals surface area contributed by atoms with Gasteiger partial charge in [0.2, 0.25) is 0 Å². The van der Waals surface area contributed by atoms with Crippen LogP contribution in [0, 0.1) is 23.6 Å². The molecule has 0 heterocycles. The molecule has 0 bridgehead atoms. The Kier molecular flexibility index (Phi) is 7.61. The number of benzene rings is 1. The largest absolute Gasteiger partial charge is 0.205 e. The highest BCUT2D eigenvalue weighted by Gasteiger charge is 2.25. The molecule has 3 rings (SSSR count). The van der Waals surface area contributed by atoms with Crippen LogP contribution < -0.4 is 0 Å². The molecule has 26 heavy (non-hydrogen) atoms. The molecule has 2 fully saturated rings. The summed E-state index contributed by atoms with van der Waals surface area (Å²) in [4.78, 5) is 0. The minimum Gasteiger partial charge on any atom is -0.205 e. The molecule has 2 aliphatic rings. The molecule has 0 saturated heterocycles. The van der Waals surface area contributed by atoms with Crippen molar-refractivity contribution >= 4 is 11.6 Å². The van der Waals surface area contributed by atoms with Gasteiger partial charge in [0.1, 0.15) is 5.82 Å². The quantitative estimate of drug-likeness (QED) is 0.419. The average molecular weight is 377 g/mol. The minimum absolute atomic E-state index is 0.272. The van der Waals surface area contributed by atoms with Crippen molar-refractivity contribution in [1.29, 1.82) is 0 Å². The second kappa shape index (κ2) is 9.93. The molecular weight excluding hydrogens is 343 g/mol. The standard InChI is InChI=1S/C24H34ClF/c1-2-3-4-18-5-7-19(8-6-18)9-10-20-11-13-21(14-12-20)22-15-16-24(26)23(25)17-22/h2,15-21H,1,3-14H2. The van der Waals surface area contributed by atoms with E-state index in [0.29, 0.717) is 5.92 Å². The van der Waals surface area contributed by atoms with Crippen molar-refractivity contribution in [3.05, 3.63) is 47.3 Å². The summed E-state index contributed by atoms with van der Waals surface area (Å²) >= 11 is 5.96. The van der Waals surface area contributed by atoms with Gasteiger partial charge in [-0.1, -0.05) is 62.3 Å². The van der Waals surface area contributed by atoms with Crippen molar-refractivity contribution < 1.29 is 4.39 Å². The molecule has 0 atom stereocenters. The SMILES string of the molecule is C=CCCC1CCC(CCC2CCC(c3ccc(F)c(Cl)c3)CC2)CC1. The number of halogens is 2. The summed E-state index contributed by atoms with van der Waals surface area (Å²) in [6, 6.07) is 5.29. The van der Waals surface area contributed by atoms with Crippen molar-refractivity contribution in [1.82, 2.24) is 0 Å². The van der Waals surface area contributed by atoms with Gasteiger partial charge in [0, 0.05) is 0 Å². The van der Waals surface area contributed by atoms with Gasteiger partial charge in [0.25, 0.3) is 0 Å². The molecule has 0 spiro atoms. The normalized spacial score (nSPS) is 29.5. The summed E-state index contributed by atoms with van der Waals surface area (Å²) in [5, 5.41) is 0.272. The van der Waals surface area contributed by atoms with Crippen LogP contribution in [-0.2, 0) is 0 Å². The first-order chi connectivity index (χ1) is 12.7. The highest BCUT2D eigenvalue weighted by Crippen LogP contribution is 2.40. The highest BCUT2D eigenvalue weighted by molar-refractivity contribution is 6.30. The van der Waals surface area contributed by atoms with Crippen molar-refractivity contribution in [2.45, 2.75) is 83.0 Å². The van der Waals surface area contributed by atoms with Crippen LogP contribution in [0.1, 0.15) is 88.5 Å². The van der Waals surface area contributed by atoms with Crippen LogP contribution in [0.2, 0.25) is 5.02 Å². The maximum atomic E-state index is 13.4. The Bertz CT molecular complexity index is 566. The first kappa shape index (κ1) is 19.9. The fourth-order valence-electron chi connectivity index (χ4n) is 5.18. The third-order valence-corrected chi connectivity index (χ3v) is 7.28. The van der Waals surface area contributed by atoms with Crippen LogP contribution in [0.3, 0.4) is 0 Å². The van der Waals surface area contributed by atoms with E-state index in [-0.39, 0.29) is 10.8 Å². The van der Waals surface area contributed by atoms with E-state index >= 15 is 0 Å². The maximum Gasteiger partial charge on any atom is 0.141 e. The Morgan fingerprint density at radius 1 is 0.885 bits per heavy atom. The van der Waals surface area contributed by atoms with Gasteiger partial charge < -0.3 is 0 Å². The van der Waals surface area contributed by atoms with Crippen molar-refractivity contribution in [2.24, 2.45) is 17.8 Å². The molecule has 0 amide bonds. The summed E-state index contributed by atoms with van der Waals surface area (Å²) in [5.74, 6) is 3.11. The van der Waals surface area contributed by atoms with E-state index in [0.717, 1.165) is 17.8 Å². The van der Waals surface area contributed by atoms with E-state index in [1.165, 1.54) is 88.7 Å². The van der Waals surface area contributed by atoms with E-state index < -0.39 is 0 Å². The number of allylic oxidation sites excluding steroid dienone is 1. The number of hydrogen-bond donors (Lipinski definition) is 0. The number of rotatable bonds is 7. The Hall–Kier alpha value is -0.820. The molecule has 0 N–H and O–H groups in total. The maximum absolute atomic E-state index is 13.4. The fourth-order valence-corrected chi connectivity index (χ4v) is 5.37. The smallest absolute Gasteiger partial charge is 0.141 e. The zero-order valence-corrected chi connectivity index (χ0v) is 16.8. The van der Waals surface area contributed by atoms with Gasteiger partial charge in [-0.15, -0.1) is 6.58 Å². The zero-order valence-electron chi connectivity index (χ0n) is 16.1. The second-order valence-corrected chi connectivity index (χ2v) is 9.13. The fraction of sp³-hybridized carbons (Fsp3) is 0.667. The van der Waals surface area contributed by atoms with E-state index in [4.69, 9.17) is 11.6 Å². The number of hydrogen-bond acceptors (Lipinski definition) is 0. The van der Waals surface area contributed by atoms with Gasteiger partial charge in [0.15, 0.2) is 0 Å². The molecule has 2 heteroatoms. The van der Waals surface area contributed by atoms with E-state index in [2.05, 4.69) is 12.7 Å². The predicted octanol–water partition coefficient (Wildman–Crippen LogP) is 8.31. The lowest BCUT2D eigenvalue weighted by molar-refractivity contribution is 0.225. The van der Waals surface area contributed by atoms with Crippen LogP contribution in [0.5, 0.6) is 0 Å². The molecule has 0 radical (unpaired) electrons. The molecule has 1 aromatic rings. The van der Waals surface area contributed by atoms with Crippen molar-refractivity contribution in [3.63, 3.8) is 0 Å². The highest BCUT2D eigenvalue weighted by atomic mass is 35.5. The summed E-state index contributed by atoms with van der Waals surface area (Å²) in [6.07, 6.45) is 18.4. The van der Waals surface area contributed by atoms with Gasteiger partial charge in [0.05, 0.1) is 5.02 Å². The van der Waals surface area contributed by atoms with E-state index in [1.807, 2.05) is 12.1 Å². The summed E-state index contributed by atoms with van der Waals surface area (Å²) < 4.78 is 13.4. The van der Waals surface area contributed by atoms with Crippen molar-refractivity contribution in [2.75, 3.05) is 0 Å². The third-order valence-electron chi connectivity index (χ3n) is 6.99. The van der Waals surface area contributed by atoms with Crippen LogP contribution in [0.15, 0.2) is 30.9 Å². The summed E-state index contributed by atoms with van der Waals surface area (Å²) in [7, 11) is 0. The summed E-state index contributed by atoms with van der Waals surface area (Å²) in [5.41, 5.74) is 1.23. The Morgan fingerprint density at radius 3 is 1.96 bits per heavy atom. The molecule has 0 unspecified atom stereocenters. The molecule has 0 aliphatic heterocycles. The topological polar surface area (TPSA) is 0 Å². The van der Waals surface area contributed by atoms with E-state index in [1.54, 1.807) is 0 Å². The van der Waals surface area contributed by atoms with Gasteiger partial charge in [-0.2, -0.15) is 0 Å². The first-order valence-electron chi connectivity index (χ1n) is 10.7. The first-order valence-corrected chi connectivity index (χ1v) is 11.1. The lowest BCUT2D eigenvalue weighted by Crippen LogP contribution is -2.17. The average Bonchev–Trinajstić information content (AvgIpc) is 2.68. The van der Waals surface area contributed by atoms with Gasteiger partial charge in [-0.25, -0.2) is 4.39 Å². The van der Waals surface area contributed by atoms with Crippen molar-refractivity contribution in [3.8, 4) is 0 Å². The van der Waals surface area contributed by atoms with Crippen LogP contribution >= 0.6 is 11.6 Å². The third kappa shape index (κ3) is 5.59. The lowest BCUT2D eigenvalue weighted by Gasteiger charge is -2.32. The molecule has 144 valence electrons. The molecule has 2 aliphatic carbocycles. The molecule has 1 aromatic carbocycles. The van der Waals surface area contributed by atoms with Gasteiger partial charge in [-0.05, 0) is 79.9 Å². The molecular formula is C24H34ClF.